The molecule has 0 aromatic carbocycles. The minimum absolute atomic E-state index is 0.191. The first-order chi connectivity index (χ1) is 9.68. The summed E-state index contributed by atoms with van der Waals surface area (Å²) in [5.74, 6) is 0.195. The SMILES string of the molecule is CCCCCCC1C(COC(C)=O)CCC12OCCO2. The lowest BCUT2D eigenvalue weighted by Crippen LogP contribution is -2.37. The van der Waals surface area contributed by atoms with Crippen molar-refractivity contribution < 1.29 is 19.0 Å². The van der Waals surface area contributed by atoms with Crippen molar-refractivity contribution in [3.63, 3.8) is 0 Å². The van der Waals surface area contributed by atoms with Gasteiger partial charge >= 0.3 is 5.97 Å². The molecular formula is C16H28O4. The standard InChI is InChI=1S/C16H28O4/c1-3-4-5-6-7-15-14(12-18-13(2)17)8-9-16(15)19-10-11-20-16/h14-15H,3-12H2,1-2H3. The van der Waals surface area contributed by atoms with E-state index in [0.29, 0.717) is 31.7 Å². The van der Waals surface area contributed by atoms with Crippen molar-refractivity contribution in [3.8, 4) is 0 Å². The number of ether oxygens (including phenoxy) is 3. The molecule has 1 heterocycles. The van der Waals surface area contributed by atoms with Gasteiger partial charge in [-0.3, -0.25) is 4.79 Å². The van der Waals surface area contributed by atoms with Crippen molar-refractivity contribution in [2.24, 2.45) is 11.8 Å². The van der Waals surface area contributed by atoms with Gasteiger partial charge in [-0.1, -0.05) is 32.6 Å². The summed E-state index contributed by atoms with van der Waals surface area (Å²) in [5.41, 5.74) is 0. The summed E-state index contributed by atoms with van der Waals surface area (Å²) >= 11 is 0. The average molecular weight is 284 g/mol. The lowest BCUT2D eigenvalue weighted by Gasteiger charge is -2.32. The maximum absolute atomic E-state index is 11.0. The zero-order valence-corrected chi connectivity index (χ0v) is 12.9. The lowest BCUT2D eigenvalue weighted by molar-refractivity contribution is -0.190. The van der Waals surface area contributed by atoms with E-state index in [9.17, 15) is 4.79 Å². The van der Waals surface area contributed by atoms with Crippen LogP contribution in [0.3, 0.4) is 0 Å². The smallest absolute Gasteiger partial charge is 0.302 e. The Labute approximate surface area is 122 Å². The monoisotopic (exact) mass is 284 g/mol. The molecule has 1 saturated carbocycles. The summed E-state index contributed by atoms with van der Waals surface area (Å²) in [6.45, 7) is 5.62. The van der Waals surface area contributed by atoms with E-state index in [-0.39, 0.29) is 11.8 Å². The van der Waals surface area contributed by atoms with Gasteiger partial charge in [0.25, 0.3) is 0 Å². The van der Waals surface area contributed by atoms with Crippen molar-refractivity contribution in [1.82, 2.24) is 0 Å². The molecule has 1 aliphatic carbocycles. The quantitative estimate of drug-likeness (QED) is 0.531. The fourth-order valence-electron chi connectivity index (χ4n) is 3.63. The number of carbonyl (C=O) groups is 1. The molecule has 2 atom stereocenters. The molecule has 4 heteroatoms. The summed E-state index contributed by atoms with van der Waals surface area (Å²) in [6, 6.07) is 0. The molecule has 2 unspecified atom stereocenters. The molecule has 0 bridgehead atoms. The molecule has 0 N–H and O–H groups in total. The number of hydrogen-bond acceptors (Lipinski definition) is 4. The van der Waals surface area contributed by atoms with Crippen molar-refractivity contribution >= 4 is 5.97 Å². The second-order valence-electron chi connectivity index (χ2n) is 6.07. The normalized spacial score (nSPS) is 28.1. The van der Waals surface area contributed by atoms with E-state index in [1.165, 1.54) is 32.6 Å². The molecule has 0 radical (unpaired) electrons. The summed E-state index contributed by atoms with van der Waals surface area (Å²) in [4.78, 5) is 11.0. The van der Waals surface area contributed by atoms with E-state index in [1.54, 1.807) is 0 Å². The Morgan fingerprint density at radius 3 is 2.65 bits per heavy atom. The molecule has 0 aromatic rings. The first kappa shape index (κ1) is 15.8. The number of esters is 1. The number of hydrogen-bond donors (Lipinski definition) is 0. The van der Waals surface area contributed by atoms with E-state index in [1.807, 2.05) is 0 Å². The van der Waals surface area contributed by atoms with Gasteiger partial charge in [0.15, 0.2) is 5.79 Å². The van der Waals surface area contributed by atoms with Gasteiger partial charge in [0.05, 0.1) is 19.8 Å². The van der Waals surface area contributed by atoms with Crippen LogP contribution in [0.5, 0.6) is 0 Å². The zero-order chi connectivity index (χ0) is 14.4. The molecule has 2 fully saturated rings. The van der Waals surface area contributed by atoms with E-state index >= 15 is 0 Å². The van der Waals surface area contributed by atoms with Crippen LogP contribution in [0.4, 0.5) is 0 Å². The molecule has 116 valence electrons. The minimum Gasteiger partial charge on any atom is -0.466 e. The Morgan fingerprint density at radius 1 is 1.25 bits per heavy atom. The molecule has 1 spiro atoms. The second-order valence-corrected chi connectivity index (χ2v) is 6.07. The first-order valence-electron chi connectivity index (χ1n) is 8.09. The topological polar surface area (TPSA) is 44.8 Å². The Bertz CT molecular complexity index is 310. The first-order valence-corrected chi connectivity index (χ1v) is 8.09. The van der Waals surface area contributed by atoms with Gasteiger partial charge in [0.2, 0.25) is 0 Å². The highest BCUT2D eigenvalue weighted by atomic mass is 16.7. The molecule has 0 amide bonds. The van der Waals surface area contributed by atoms with Crippen LogP contribution in [0, 0.1) is 11.8 Å². The number of unbranched alkanes of at least 4 members (excludes halogenated alkanes) is 3. The Hall–Kier alpha value is -0.610. The third kappa shape index (κ3) is 3.73. The van der Waals surface area contributed by atoms with Gasteiger partial charge < -0.3 is 14.2 Å². The third-order valence-corrected chi connectivity index (χ3v) is 4.64. The van der Waals surface area contributed by atoms with Crippen molar-refractivity contribution in [3.05, 3.63) is 0 Å². The Kier molecular flexibility index (Phi) is 5.85. The van der Waals surface area contributed by atoms with Gasteiger partial charge in [0, 0.05) is 25.2 Å². The Morgan fingerprint density at radius 2 is 2.00 bits per heavy atom. The van der Waals surface area contributed by atoms with Crippen LogP contribution in [0.15, 0.2) is 0 Å². The summed E-state index contributed by atoms with van der Waals surface area (Å²) in [6.07, 6.45) is 8.11. The average Bonchev–Trinajstić information content (AvgIpc) is 3.02. The molecule has 1 aliphatic heterocycles. The van der Waals surface area contributed by atoms with Crippen LogP contribution in [-0.2, 0) is 19.0 Å². The molecule has 4 nitrogen and oxygen atoms in total. The van der Waals surface area contributed by atoms with Crippen molar-refractivity contribution in [1.29, 1.82) is 0 Å². The molecule has 0 aromatic heterocycles. The van der Waals surface area contributed by atoms with Crippen molar-refractivity contribution in [2.45, 2.75) is 64.6 Å². The van der Waals surface area contributed by atoms with Crippen molar-refractivity contribution in [2.75, 3.05) is 19.8 Å². The summed E-state index contributed by atoms with van der Waals surface area (Å²) < 4.78 is 17.1. The van der Waals surface area contributed by atoms with Crippen LogP contribution in [0.2, 0.25) is 0 Å². The fraction of sp³-hybridized carbons (Fsp3) is 0.938. The highest BCUT2D eigenvalue weighted by molar-refractivity contribution is 5.65. The molecule has 2 aliphatic rings. The number of carbonyl (C=O) groups excluding carboxylic acids is 1. The van der Waals surface area contributed by atoms with Gasteiger partial charge in [-0.2, -0.15) is 0 Å². The van der Waals surface area contributed by atoms with E-state index < -0.39 is 0 Å². The maximum Gasteiger partial charge on any atom is 0.302 e. The van der Waals surface area contributed by atoms with Gasteiger partial charge in [-0.05, 0) is 12.8 Å². The van der Waals surface area contributed by atoms with E-state index in [4.69, 9.17) is 14.2 Å². The van der Waals surface area contributed by atoms with Gasteiger partial charge in [-0.25, -0.2) is 0 Å². The summed E-state index contributed by atoms with van der Waals surface area (Å²) in [5, 5.41) is 0. The highest BCUT2D eigenvalue weighted by Gasteiger charge is 2.52. The van der Waals surface area contributed by atoms with Crippen LogP contribution in [0.1, 0.15) is 58.8 Å². The predicted molar refractivity (Wildman–Crippen MR) is 76.2 cm³/mol. The Balaban J connectivity index is 1.91. The van der Waals surface area contributed by atoms with Crippen LogP contribution >= 0.6 is 0 Å². The van der Waals surface area contributed by atoms with Crippen LogP contribution < -0.4 is 0 Å². The zero-order valence-electron chi connectivity index (χ0n) is 12.9. The molecule has 20 heavy (non-hydrogen) atoms. The van der Waals surface area contributed by atoms with Gasteiger partial charge in [-0.15, -0.1) is 0 Å². The number of rotatable bonds is 7. The van der Waals surface area contributed by atoms with Crippen LogP contribution in [-0.4, -0.2) is 31.6 Å². The van der Waals surface area contributed by atoms with Crippen LogP contribution in [0.25, 0.3) is 0 Å². The molecule has 2 rings (SSSR count). The van der Waals surface area contributed by atoms with E-state index in [2.05, 4.69) is 6.92 Å². The lowest BCUT2D eigenvalue weighted by atomic mass is 9.88. The maximum atomic E-state index is 11.0. The fourth-order valence-corrected chi connectivity index (χ4v) is 3.63. The van der Waals surface area contributed by atoms with E-state index in [0.717, 1.165) is 19.3 Å². The second kappa shape index (κ2) is 7.41. The highest BCUT2D eigenvalue weighted by Crippen LogP contribution is 2.48. The minimum atomic E-state index is -0.378. The third-order valence-electron chi connectivity index (χ3n) is 4.64. The van der Waals surface area contributed by atoms with Gasteiger partial charge in [0.1, 0.15) is 0 Å². The molecule has 1 saturated heterocycles. The summed E-state index contributed by atoms with van der Waals surface area (Å²) in [7, 11) is 0. The largest absolute Gasteiger partial charge is 0.466 e. The predicted octanol–water partition coefficient (Wildman–Crippen LogP) is 3.29. The molecular weight excluding hydrogens is 256 g/mol.